The van der Waals surface area contributed by atoms with E-state index in [9.17, 15) is 4.79 Å². The highest BCUT2D eigenvalue weighted by Crippen LogP contribution is 2.19. The van der Waals surface area contributed by atoms with E-state index in [1.54, 1.807) is 0 Å². The summed E-state index contributed by atoms with van der Waals surface area (Å²) < 4.78 is 5.82. The first-order valence-corrected chi connectivity index (χ1v) is 8.49. The second-order valence-electron chi connectivity index (χ2n) is 6.16. The van der Waals surface area contributed by atoms with E-state index < -0.39 is 0 Å². The molecule has 4 heteroatoms. The van der Waals surface area contributed by atoms with Crippen LogP contribution in [0.3, 0.4) is 0 Å². The molecule has 0 aliphatic carbocycles. The van der Waals surface area contributed by atoms with Gasteiger partial charge in [0, 0.05) is 24.7 Å². The fraction of sp³-hybridized carbons (Fsp3) is 0.350. The van der Waals surface area contributed by atoms with E-state index >= 15 is 0 Å². The highest BCUT2D eigenvalue weighted by molar-refractivity contribution is 5.94. The molecule has 1 aliphatic heterocycles. The Bertz CT molecular complexity index is 664. The van der Waals surface area contributed by atoms with Crippen molar-refractivity contribution in [3.8, 4) is 5.75 Å². The summed E-state index contributed by atoms with van der Waals surface area (Å²) in [6.07, 6.45) is 2.01. The second-order valence-corrected chi connectivity index (χ2v) is 6.16. The average Bonchev–Trinajstić information content (AvgIpc) is 2.67. The molecule has 24 heavy (non-hydrogen) atoms. The third kappa shape index (κ3) is 4.15. The molecule has 4 nitrogen and oxygen atoms in total. The Morgan fingerprint density at radius 2 is 1.88 bits per heavy atom. The van der Waals surface area contributed by atoms with Crippen molar-refractivity contribution < 1.29 is 9.53 Å². The highest BCUT2D eigenvalue weighted by atomic mass is 16.5. The van der Waals surface area contributed by atoms with Gasteiger partial charge in [0.2, 0.25) is 0 Å². The molecular weight excluding hydrogens is 300 g/mol. The van der Waals surface area contributed by atoms with Gasteiger partial charge >= 0.3 is 0 Å². The van der Waals surface area contributed by atoms with E-state index in [4.69, 9.17) is 4.74 Å². The number of carbonyl (C=O) groups is 1. The zero-order valence-corrected chi connectivity index (χ0v) is 14.1. The van der Waals surface area contributed by atoms with Crippen LogP contribution in [0.15, 0.2) is 54.6 Å². The Morgan fingerprint density at radius 1 is 1.12 bits per heavy atom. The Balaban J connectivity index is 1.61. The molecule has 1 heterocycles. The summed E-state index contributed by atoms with van der Waals surface area (Å²) in [5.41, 5.74) is 1.81. The topological polar surface area (TPSA) is 41.6 Å². The number of benzene rings is 2. The predicted octanol–water partition coefficient (Wildman–Crippen LogP) is 3.09. The Morgan fingerprint density at radius 3 is 2.58 bits per heavy atom. The number of likely N-dealkylation sites (tertiary alicyclic amines) is 1. The van der Waals surface area contributed by atoms with Crippen LogP contribution < -0.4 is 10.1 Å². The number of ether oxygens (including phenoxy) is 1. The fourth-order valence-electron chi connectivity index (χ4n) is 3.01. The molecule has 1 amide bonds. The minimum Gasteiger partial charge on any atom is -0.489 e. The van der Waals surface area contributed by atoms with E-state index in [-0.39, 0.29) is 5.91 Å². The van der Waals surface area contributed by atoms with Crippen LogP contribution in [0.5, 0.6) is 5.75 Å². The number of piperidine rings is 1. The molecule has 1 aliphatic rings. The first kappa shape index (κ1) is 16.5. The highest BCUT2D eigenvalue weighted by Gasteiger charge is 2.22. The third-order valence-electron chi connectivity index (χ3n) is 4.52. The summed E-state index contributed by atoms with van der Waals surface area (Å²) >= 11 is 0. The van der Waals surface area contributed by atoms with Crippen LogP contribution in [0.4, 0.5) is 0 Å². The first-order chi connectivity index (χ1) is 11.8. The average molecular weight is 324 g/mol. The van der Waals surface area contributed by atoms with Crippen molar-refractivity contribution in [3.63, 3.8) is 0 Å². The van der Waals surface area contributed by atoms with Crippen molar-refractivity contribution in [2.75, 3.05) is 20.1 Å². The van der Waals surface area contributed by atoms with Crippen LogP contribution in [-0.4, -0.2) is 37.0 Å². The van der Waals surface area contributed by atoms with Crippen LogP contribution >= 0.6 is 0 Å². The third-order valence-corrected chi connectivity index (χ3v) is 4.52. The van der Waals surface area contributed by atoms with Gasteiger partial charge in [0.05, 0.1) is 0 Å². The van der Waals surface area contributed by atoms with Gasteiger partial charge in [-0.15, -0.1) is 0 Å². The molecule has 0 spiro atoms. The van der Waals surface area contributed by atoms with Crippen molar-refractivity contribution in [2.45, 2.75) is 25.5 Å². The molecule has 1 saturated heterocycles. The molecule has 2 aromatic carbocycles. The summed E-state index contributed by atoms with van der Waals surface area (Å²) in [5, 5.41) is 3.29. The fourth-order valence-corrected chi connectivity index (χ4v) is 3.01. The molecule has 1 N–H and O–H groups in total. The number of nitrogens with zero attached hydrogens (tertiary/aromatic N) is 1. The van der Waals surface area contributed by atoms with E-state index in [0.29, 0.717) is 18.2 Å². The lowest BCUT2D eigenvalue weighted by molar-refractivity contribution is 0.0707. The van der Waals surface area contributed by atoms with Gasteiger partial charge in [0.15, 0.2) is 0 Å². The maximum absolute atomic E-state index is 12.7. The molecule has 0 radical (unpaired) electrons. The summed E-state index contributed by atoms with van der Waals surface area (Å²) in [7, 11) is 1.98. The minimum absolute atomic E-state index is 0.0923. The number of amides is 1. The first-order valence-electron chi connectivity index (χ1n) is 8.49. The van der Waals surface area contributed by atoms with E-state index in [0.717, 1.165) is 37.2 Å². The van der Waals surface area contributed by atoms with Gasteiger partial charge in [-0.25, -0.2) is 0 Å². The molecular formula is C20H24N2O2. The van der Waals surface area contributed by atoms with Crippen LogP contribution in [0.2, 0.25) is 0 Å². The molecule has 2 aromatic rings. The van der Waals surface area contributed by atoms with Crippen molar-refractivity contribution in [2.24, 2.45) is 0 Å². The minimum atomic E-state index is 0.0923. The van der Waals surface area contributed by atoms with Gasteiger partial charge < -0.3 is 15.0 Å². The molecule has 0 bridgehead atoms. The SMILES string of the molecule is CNC1CCN(C(=O)c2cccc(OCc3ccccc3)c2)CC1. The van der Waals surface area contributed by atoms with Crippen molar-refractivity contribution >= 4 is 5.91 Å². The van der Waals surface area contributed by atoms with Crippen LogP contribution in [0, 0.1) is 0 Å². The number of carbonyl (C=O) groups excluding carboxylic acids is 1. The number of nitrogens with one attached hydrogen (secondary N) is 1. The maximum Gasteiger partial charge on any atom is 0.253 e. The predicted molar refractivity (Wildman–Crippen MR) is 95.2 cm³/mol. The van der Waals surface area contributed by atoms with Crippen LogP contribution in [0.25, 0.3) is 0 Å². The Hall–Kier alpha value is -2.33. The summed E-state index contributed by atoms with van der Waals surface area (Å²) in [4.78, 5) is 14.6. The monoisotopic (exact) mass is 324 g/mol. The number of rotatable bonds is 5. The smallest absolute Gasteiger partial charge is 0.253 e. The normalized spacial score (nSPS) is 15.3. The summed E-state index contributed by atoms with van der Waals surface area (Å²) in [5.74, 6) is 0.824. The molecule has 0 aromatic heterocycles. The van der Waals surface area contributed by atoms with Crippen molar-refractivity contribution in [1.82, 2.24) is 10.2 Å². The van der Waals surface area contributed by atoms with Crippen LogP contribution in [0.1, 0.15) is 28.8 Å². The summed E-state index contributed by atoms with van der Waals surface area (Å²) in [6, 6.07) is 18.0. The van der Waals surface area contributed by atoms with E-state index in [1.807, 2.05) is 66.5 Å². The molecule has 0 saturated carbocycles. The van der Waals surface area contributed by atoms with Gasteiger partial charge in [0.25, 0.3) is 5.91 Å². The quantitative estimate of drug-likeness (QED) is 0.919. The zero-order chi connectivity index (χ0) is 16.8. The molecule has 0 unspecified atom stereocenters. The van der Waals surface area contributed by atoms with Crippen molar-refractivity contribution in [1.29, 1.82) is 0 Å². The standard InChI is InChI=1S/C20H24N2O2/c1-21-18-10-12-22(13-11-18)20(23)17-8-5-9-19(14-17)24-15-16-6-3-2-4-7-16/h2-9,14,18,21H,10-13,15H2,1H3. The molecule has 126 valence electrons. The van der Waals surface area contributed by atoms with Gasteiger partial charge in [-0.1, -0.05) is 36.4 Å². The second kappa shape index (κ2) is 7.97. The van der Waals surface area contributed by atoms with E-state index in [1.165, 1.54) is 0 Å². The largest absolute Gasteiger partial charge is 0.489 e. The number of hydrogen-bond donors (Lipinski definition) is 1. The van der Waals surface area contributed by atoms with Gasteiger partial charge in [-0.3, -0.25) is 4.79 Å². The van der Waals surface area contributed by atoms with Crippen molar-refractivity contribution in [3.05, 3.63) is 65.7 Å². The molecule has 0 atom stereocenters. The maximum atomic E-state index is 12.7. The van der Waals surface area contributed by atoms with Gasteiger partial charge in [-0.05, 0) is 43.7 Å². The number of hydrogen-bond acceptors (Lipinski definition) is 3. The van der Waals surface area contributed by atoms with Gasteiger partial charge in [0.1, 0.15) is 12.4 Å². The van der Waals surface area contributed by atoms with E-state index in [2.05, 4.69) is 5.32 Å². The lowest BCUT2D eigenvalue weighted by atomic mass is 10.0. The van der Waals surface area contributed by atoms with Gasteiger partial charge in [-0.2, -0.15) is 0 Å². The van der Waals surface area contributed by atoms with Crippen LogP contribution in [-0.2, 0) is 6.61 Å². The molecule has 1 fully saturated rings. The molecule has 3 rings (SSSR count). The lowest BCUT2D eigenvalue weighted by Crippen LogP contribution is -2.43. The Labute approximate surface area is 143 Å². The Kier molecular flexibility index (Phi) is 5.49. The lowest BCUT2D eigenvalue weighted by Gasteiger charge is -2.31. The zero-order valence-electron chi connectivity index (χ0n) is 14.1. The summed E-state index contributed by atoms with van der Waals surface area (Å²) in [6.45, 7) is 2.12.